The number of nitrogens with one attached hydrogen (secondary N) is 4. The van der Waals surface area contributed by atoms with E-state index in [1.807, 2.05) is 0 Å². The van der Waals surface area contributed by atoms with Crippen molar-refractivity contribution in [3.8, 4) is 0 Å². The number of alkyl carbamates (subject to hydrolysis) is 1. The van der Waals surface area contributed by atoms with Gasteiger partial charge in [-0.15, -0.1) is 0 Å². The monoisotopic (exact) mass is 430 g/mol. The van der Waals surface area contributed by atoms with E-state index in [0.717, 1.165) is 0 Å². The standard InChI is InChI=1S/C22H27FN4O4/c1-13(25-21(30)31-22(2,3)4)19(28)27-17-10-9-15(23)12-18(17)26-16-8-6-7-14(11-16)20(29)24-5/h6-13,26H,1-5H3,(H,24,29)(H,25,30)(H,27,28). The van der Waals surface area contributed by atoms with Crippen LogP contribution < -0.4 is 21.3 Å². The summed E-state index contributed by atoms with van der Waals surface area (Å²) >= 11 is 0. The fourth-order valence-corrected chi connectivity index (χ4v) is 2.56. The Balaban J connectivity index is 2.15. The van der Waals surface area contributed by atoms with Gasteiger partial charge in [-0.25, -0.2) is 9.18 Å². The molecule has 2 rings (SSSR count). The molecular weight excluding hydrogens is 403 g/mol. The van der Waals surface area contributed by atoms with Crippen LogP contribution in [-0.4, -0.2) is 36.6 Å². The number of ether oxygens (including phenoxy) is 1. The highest BCUT2D eigenvalue weighted by Gasteiger charge is 2.21. The number of rotatable bonds is 6. The molecule has 0 aliphatic rings. The summed E-state index contributed by atoms with van der Waals surface area (Å²) in [5, 5.41) is 10.6. The van der Waals surface area contributed by atoms with Crippen molar-refractivity contribution in [3.05, 3.63) is 53.8 Å². The van der Waals surface area contributed by atoms with Gasteiger partial charge in [0, 0.05) is 18.3 Å². The maximum atomic E-state index is 13.8. The third-order valence-electron chi connectivity index (χ3n) is 4.00. The minimum atomic E-state index is -0.899. The Morgan fingerprint density at radius 1 is 1.03 bits per heavy atom. The molecule has 2 aromatic rings. The van der Waals surface area contributed by atoms with Gasteiger partial charge in [-0.3, -0.25) is 9.59 Å². The number of benzene rings is 2. The van der Waals surface area contributed by atoms with E-state index in [1.165, 1.54) is 32.2 Å². The van der Waals surface area contributed by atoms with Crippen molar-refractivity contribution in [2.45, 2.75) is 39.3 Å². The van der Waals surface area contributed by atoms with Crippen LogP contribution in [0.4, 0.5) is 26.2 Å². The van der Waals surface area contributed by atoms with Crippen molar-refractivity contribution in [2.75, 3.05) is 17.7 Å². The molecule has 0 aromatic heterocycles. The van der Waals surface area contributed by atoms with Gasteiger partial charge >= 0.3 is 6.09 Å². The molecule has 31 heavy (non-hydrogen) atoms. The van der Waals surface area contributed by atoms with Gasteiger partial charge in [-0.05, 0) is 64.1 Å². The van der Waals surface area contributed by atoms with Gasteiger partial charge in [0.2, 0.25) is 5.91 Å². The Morgan fingerprint density at radius 3 is 2.39 bits per heavy atom. The second-order valence-electron chi connectivity index (χ2n) is 7.83. The first kappa shape index (κ1) is 23.7. The van der Waals surface area contributed by atoms with E-state index < -0.39 is 29.5 Å². The van der Waals surface area contributed by atoms with E-state index in [0.29, 0.717) is 16.9 Å². The molecule has 0 heterocycles. The van der Waals surface area contributed by atoms with Gasteiger partial charge in [0.1, 0.15) is 17.5 Å². The van der Waals surface area contributed by atoms with Gasteiger partial charge in [0.15, 0.2) is 0 Å². The molecule has 0 bridgehead atoms. The number of hydrogen-bond donors (Lipinski definition) is 4. The molecule has 0 spiro atoms. The van der Waals surface area contributed by atoms with Crippen molar-refractivity contribution in [1.82, 2.24) is 10.6 Å². The van der Waals surface area contributed by atoms with Crippen molar-refractivity contribution < 1.29 is 23.5 Å². The molecule has 4 N–H and O–H groups in total. The lowest BCUT2D eigenvalue weighted by Gasteiger charge is -2.22. The van der Waals surface area contributed by atoms with Gasteiger partial charge in [0.25, 0.3) is 5.91 Å². The summed E-state index contributed by atoms with van der Waals surface area (Å²) in [6.07, 6.45) is -0.723. The van der Waals surface area contributed by atoms with E-state index in [9.17, 15) is 18.8 Å². The highest BCUT2D eigenvalue weighted by molar-refractivity contribution is 5.99. The Morgan fingerprint density at radius 2 is 1.74 bits per heavy atom. The highest BCUT2D eigenvalue weighted by Crippen LogP contribution is 2.27. The summed E-state index contributed by atoms with van der Waals surface area (Å²) in [5.74, 6) is -1.29. The van der Waals surface area contributed by atoms with Crippen LogP contribution in [0.3, 0.4) is 0 Å². The number of carbonyl (C=O) groups excluding carboxylic acids is 3. The zero-order valence-corrected chi connectivity index (χ0v) is 18.1. The van der Waals surface area contributed by atoms with E-state index in [2.05, 4.69) is 21.3 Å². The minimum Gasteiger partial charge on any atom is -0.444 e. The summed E-state index contributed by atoms with van der Waals surface area (Å²) < 4.78 is 19.0. The third-order valence-corrected chi connectivity index (χ3v) is 4.00. The lowest BCUT2D eigenvalue weighted by Crippen LogP contribution is -2.44. The largest absolute Gasteiger partial charge is 0.444 e. The molecule has 3 amide bonds. The van der Waals surface area contributed by atoms with Crippen molar-refractivity contribution in [2.24, 2.45) is 0 Å². The van der Waals surface area contributed by atoms with Crippen LogP contribution in [0.25, 0.3) is 0 Å². The first-order valence-corrected chi connectivity index (χ1v) is 9.67. The minimum absolute atomic E-state index is 0.265. The van der Waals surface area contributed by atoms with Crippen LogP contribution in [0.5, 0.6) is 0 Å². The third kappa shape index (κ3) is 7.29. The zero-order chi connectivity index (χ0) is 23.2. The molecule has 0 radical (unpaired) electrons. The molecule has 9 heteroatoms. The van der Waals surface area contributed by atoms with Gasteiger partial charge in [0.05, 0.1) is 11.4 Å². The second-order valence-corrected chi connectivity index (χ2v) is 7.83. The molecule has 1 atom stereocenters. The molecular formula is C22H27FN4O4. The number of carbonyl (C=O) groups is 3. The topological polar surface area (TPSA) is 109 Å². The van der Waals surface area contributed by atoms with Gasteiger partial charge in [-0.2, -0.15) is 0 Å². The first-order chi connectivity index (χ1) is 14.5. The Hall–Kier alpha value is -3.62. The summed E-state index contributed by atoms with van der Waals surface area (Å²) in [7, 11) is 1.52. The average molecular weight is 430 g/mol. The van der Waals surface area contributed by atoms with Crippen LogP contribution in [0.15, 0.2) is 42.5 Å². The molecule has 166 valence electrons. The number of halogens is 1. The quantitative estimate of drug-likeness (QED) is 0.558. The molecule has 0 saturated heterocycles. The van der Waals surface area contributed by atoms with Gasteiger partial charge < -0.3 is 26.0 Å². The maximum Gasteiger partial charge on any atom is 0.408 e. The highest BCUT2D eigenvalue weighted by atomic mass is 19.1. The fraction of sp³-hybridized carbons (Fsp3) is 0.318. The van der Waals surface area contributed by atoms with E-state index >= 15 is 0 Å². The predicted octanol–water partition coefficient (Wildman–Crippen LogP) is 3.78. The van der Waals surface area contributed by atoms with Crippen LogP contribution in [0, 0.1) is 5.82 Å². The normalized spacial score (nSPS) is 11.8. The summed E-state index contributed by atoms with van der Waals surface area (Å²) in [5.41, 5.74) is 0.839. The summed E-state index contributed by atoms with van der Waals surface area (Å²) in [6, 6.07) is 9.54. The van der Waals surface area contributed by atoms with E-state index in [1.54, 1.807) is 45.0 Å². The van der Waals surface area contributed by atoms with Crippen molar-refractivity contribution in [1.29, 1.82) is 0 Å². The zero-order valence-electron chi connectivity index (χ0n) is 18.1. The van der Waals surface area contributed by atoms with Crippen LogP contribution in [0.1, 0.15) is 38.1 Å². The van der Waals surface area contributed by atoms with E-state index in [-0.39, 0.29) is 11.6 Å². The molecule has 0 aliphatic heterocycles. The fourth-order valence-electron chi connectivity index (χ4n) is 2.56. The van der Waals surface area contributed by atoms with Crippen LogP contribution in [0.2, 0.25) is 0 Å². The molecule has 1 unspecified atom stereocenters. The Labute approximate surface area is 180 Å². The van der Waals surface area contributed by atoms with Crippen molar-refractivity contribution >= 4 is 35.0 Å². The predicted molar refractivity (Wildman–Crippen MR) is 117 cm³/mol. The lowest BCUT2D eigenvalue weighted by atomic mass is 10.1. The average Bonchev–Trinajstić information content (AvgIpc) is 2.68. The summed E-state index contributed by atoms with van der Waals surface area (Å²) in [4.78, 5) is 36.2. The van der Waals surface area contributed by atoms with Crippen LogP contribution >= 0.6 is 0 Å². The maximum absolute atomic E-state index is 13.8. The van der Waals surface area contributed by atoms with Gasteiger partial charge in [-0.1, -0.05) is 6.07 Å². The molecule has 0 saturated carbocycles. The number of hydrogen-bond acceptors (Lipinski definition) is 5. The SMILES string of the molecule is CNC(=O)c1cccc(Nc2cc(F)ccc2NC(=O)C(C)NC(=O)OC(C)(C)C)c1. The molecule has 8 nitrogen and oxygen atoms in total. The Bertz CT molecular complexity index is 972. The van der Waals surface area contributed by atoms with Crippen molar-refractivity contribution in [3.63, 3.8) is 0 Å². The molecule has 2 aromatic carbocycles. The second kappa shape index (κ2) is 9.92. The molecule has 0 aliphatic carbocycles. The number of amides is 3. The van der Waals surface area contributed by atoms with Crippen LogP contribution in [-0.2, 0) is 9.53 Å². The summed E-state index contributed by atoms with van der Waals surface area (Å²) in [6.45, 7) is 6.65. The smallest absolute Gasteiger partial charge is 0.408 e. The molecule has 0 fully saturated rings. The lowest BCUT2D eigenvalue weighted by molar-refractivity contribution is -0.117. The number of anilines is 3. The first-order valence-electron chi connectivity index (χ1n) is 9.67. The Kier molecular flexibility index (Phi) is 7.57. The van der Waals surface area contributed by atoms with E-state index in [4.69, 9.17) is 4.74 Å².